The van der Waals surface area contributed by atoms with Gasteiger partial charge in [0.2, 0.25) is 5.91 Å². The smallest absolute Gasteiger partial charge is 0.249 e. The van der Waals surface area contributed by atoms with Crippen LogP contribution in [0.3, 0.4) is 0 Å². The highest BCUT2D eigenvalue weighted by atomic mass is 16.2. The van der Waals surface area contributed by atoms with E-state index >= 15 is 0 Å². The summed E-state index contributed by atoms with van der Waals surface area (Å²) in [5.41, 5.74) is 0.343. The number of carbonyl (C=O) groups excluding carboxylic acids is 2. The number of Topliss-reactive ketones (excluding diaryl/α,β-unsaturated/α-hetero) is 1. The third-order valence-corrected chi connectivity index (χ3v) is 2.46. The Hall–Kier alpha value is -2.15. The van der Waals surface area contributed by atoms with Gasteiger partial charge in [0.1, 0.15) is 0 Å². The third-order valence-electron chi connectivity index (χ3n) is 2.46. The second-order valence-electron chi connectivity index (χ2n) is 5.62. The van der Waals surface area contributed by atoms with Gasteiger partial charge in [-0.05, 0) is 17.5 Å². The van der Waals surface area contributed by atoms with Gasteiger partial charge in [-0.25, -0.2) is 0 Å². The van der Waals surface area contributed by atoms with Crippen molar-refractivity contribution in [1.29, 1.82) is 5.26 Å². The first-order valence-electron chi connectivity index (χ1n) is 6.12. The van der Waals surface area contributed by atoms with Gasteiger partial charge in [-0.3, -0.25) is 9.59 Å². The zero-order valence-electron chi connectivity index (χ0n) is 11.4. The maximum Gasteiger partial charge on any atom is 0.249 e. The summed E-state index contributed by atoms with van der Waals surface area (Å²) >= 11 is 0. The van der Waals surface area contributed by atoms with E-state index in [1.54, 1.807) is 30.3 Å². The van der Waals surface area contributed by atoms with Crippen molar-refractivity contribution in [2.45, 2.75) is 27.2 Å². The third kappa shape index (κ3) is 4.92. The van der Waals surface area contributed by atoms with Crippen molar-refractivity contribution in [2.24, 2.45) is 11.3 Å². The van der Waals surface area contributed by atoms with Crippen LogP contribution in [0, 0.1) is 22.7 Å². The number of anilines is 1. The van der Waals surface area contributed by atoms with Gasteiger partial charge in [0.15, 0.2) is 11.7 Å². The van der Waals surface area contributed by atoms with E-state index in [9.17, 15) is 9.59 Å². The molecule has 1 amide bonds. The molecule has 0 aliphatic rings. The van der Waals surface area contributed by atoms with Crippen molar-refractivity contribution in [2.75, 3.05) is 5.32 Å². The van der Waals surface area contributed by atoms with Crippen LogP contribution in [-0.2, 0) is 9.59 Å². The predicted molar refractivity (Wildman–Crippen MR) is 73.3 cm³/mol. The van der Waals surface area contributed by atoms with Gasteiger partial charge in [-0.1, -0.05) is 39.0 Å². The lowest BCUT2D eigenvalue weighted by atomic mass is 9.86. The molecule has 4 heteroatoms. The molecule has 1 aromatic rings. The molecule has 0 bridgehead atoms. The minimum absolute atomic E-state index is 0.202. The van der Waals surface area contributed by atoms with Gasteiger partial charge in [0.05, 0.1) is 6.07 Å². The number of nitrogens with zero attached hydrogens (tertiary/aromatic N) is 1. The number of nitrogens with one attached hydrogen (secondary N) is 1. The van der Waals surface area contributed by atoms with Crippen LogP contribution in [0.4, 0.5) is 5.69 Å². The molecule has 0 fully saturated rings. The SMILES string of the molecule is CC(C)(C)CC(=O)C(C#N)C(=O)Nc1ccccc1. The maximum atomic E-state index is 11.9. The second kappa shape index (κ2) is 6.14. The standard InChI is InChI=1S/C15H18N2O2/c1-15(2,3)9-13(18)12(10-16)14(19)17-11-7-5-4-6-8-11/h4-8,12H,9H2,1-3H3,(H,17,19). The van der Waals surface area contributed by atoms with Crippen molar-refractivity contribution in [3.8, 4) is 6.07 Å². The van der Waals surface area contributed by atoms with Crippen LogP contribution >= 0.6 is 0 Å². The Morgan fingerprint density at radius 1 is 1.26 bits per heavy atom. The van der Waals surface area contributed by atoms with E-state index in [1.165, 1.54) is 0 Å². The number of nitriles is 1. The van der Waals surface area contributed by atoms with Crippen LogP contribution in [0.1, 0.15) is 27.2 Å². The molecule has 100 valence electrons. The fraction of sp³-hybridized carbons (Fsp3) is 0.400. The van der Waals surface area contributed by atoms with Crippen LogP contribution in [0.15, 0.2) is 30.3 Å². The number of hydrogen-bond donors (Lipinski definition) is 1. The number of benzene rings is 1. The number of amides is 1. The van der Waals surface area contributed by atoms with E-state index in [1.807, 2.05) is 26.8 Å². The highest BCUT2D eigenvalue weighted by molar-refractivity contribution is 6.09. The molecule has 0 aromatic heterocycles. The molecule has 19 heavy (non-hydrogen) atoms. The molecule has 1 unspecified atom stereocenters. The number of rotatable bonds is 4. The van der Waals surface area contributed by atoms with E-state index in [0.717, 1.165) is 0 Å². The molecular formula is C15H18N2O2. The molecule has 0 saturated carbocycles. The summed E-state index contributed by atoms with van der Waals surface area (Å²) in [6.45, 7) is 5.69. The molecule has 1 rings (SSSR count). The average molecular weight is 258 g/mol. The van der Waals surface area contributed by atoms with Crippen LogP contribution < -0.4 is 5.32 Å². The molecule has 0 aliphatic heterocycles. The van der Waals surface area contributed by atoms with E-state index in [-0.39, 0.29) is 17.6 Å². The molecule has 1 aromatic carbocycles. The minimum Gasteiger partial charge on any atom is -0.325 e. The topological polar surface area (TPSA) is 70.0 Å². The fourth-order valence-corrected chi connectivity index (χ4v) is 1.64. The molecule has 4 nitrogen and oxygen atoms in total. The Morgan fingerprint density at radius 3 is 2.32 bits per heavy atom. The van der Waals surface area contributed by atoms with E-state index in [2.05, 4.69) is 5.32 Å². The highest BCUT2D eigenvalue weighted by Crippen LogP contribution is 2.21. The van der Waals surface area contributed by atoms with Crippen molar-refractivity contribution >= 4 is 17.4 Å². The number of carbonyl (C=O) groups is 2. The first-order valence-corrected chi connectivity index (χ1v) is 6.12. The van der Waals surface area contributed by atoms with Crippen molar-refractivity contribution in [3.63, 3.8) is 0 Å². The average Bonchev–Trinajstić information content (AvgIpc) is 2.28. The molecule has 0 radical (unpaired) electrons. The number of ketones is 1. The van der Waals surface area contributed by atoms with Gasteiger partial charge in [-0.15, -0.1) is 0 Å². The lowest BCUT2D eigenvalue weighted by Crippen LogP contribution is -2.30. The zero-order chi connectivity index (χ0) is 14.5. The number of para-hydroxylation sites is 1. The Kier molecular flexibility index (Phi) is 4.82. The van der Waals surface area contributed by atoms with E-state index in [4.69, 9.17) is 5.26 Å². The maximum absolute atomic E-state index is 11.9. The van der Waals surface area contributed by atoms with Gasteiger partial charge in [-0.2, -0.15) is 5.26 Å². The Bertz CT molecular complexity index is 495. The molecule has 1 N–H and O–H groups in total. The minimum atomic E-state index is -1.25. The zero-order valence-corrected chi connectivity index (χ0v) is 11.4. The first kappa shape index (κ1) is 14.9. The van der Waals surface area contributed by atoms with Crippen molar-refractivity contribution in [3.05, 3.63) is 30.3 Å². The van der Waals surface area contributed by atoms with Gasteiger partial charge in [0.25, 0.3) is 0 Å². The quantitative estimate of drug-likeness (QED) is 0.844. The van der Waals surface area contributed by atoms with Gasteiger partial charge >= 0.3 is 0 Å². The molecule has 0 aliphatic carbocycles. The van der Waals surface area contributed by atoms with Gasteiger partial charge in [0, 0.05) is 12.1 Å². The highest BCUT2D eigenvalue weighted by Gasteiger charge is 2.29. The van der Waals surface area contributed by atoms with Crippen molar-refractivity contribution in [1.82, 2.24) is 0 Å². The van der Waals surface area contributed by atoms with Crippen LogP contribution in [0.2, 0.25) is 0 Å². The molecule has 1 atom stereocenters. The summed E-state index contributed by atoms with van der Waals surface area (Å²) in [6.07, 6.45) is 0.202. The van der Waals surface area contributed by atoms with Crippen molar-refractivity contribution < 1.29 is 9.59 Å². The summed E-state index contributed by atoms with van der Waals surface area (Å²) in [4.78, 5) is 23.9. The lowest BCUT2D eigenvalue weighted by molar-refractivity contribution is -0.129. The predicted octanol–water partition coefficient (Wildman–Crippen LogP) is 2.77. The molecule has 0 heterocycles. The summed E-state index contributed by atoms with van der Waals surface area (Å²) in [7, 11) is 0. The first-order chi connectivity index (χ1) is 8.83. The second-order valence-corrected chi connectivity index (χ2v) is 5.62. The summed E-state index contributed by atoms with van der Waals surface area (Å²) in [5, 5.41) is 11.6. The van der Waals surface area contributed by atoms with E-state index < -0.39 is 11.8 Å². The Balaban J connectivity index is 2.73. The molecule has 0 saturated heterocycles. The Labute approximate surface area is 113 Å². The fourth-order valence-electron chi connectivity index (χ4n) is 1.64. The van der Waals surface area contributed by atoms with Gasteiger partial charge < -0.3 is 5.32 Å². The molecule has 0 spiro atoms. The monoisotopic (exact) mass is 258 g/mol. The summed E-state index contributed by atoms with van der Waals surface area (Å²) in [6, 6.07) is 10.6. The van der Waals surface area contributed by atoms with Crippen LogP contribution in [0.5, 0.6) is 0 Å². The summed E-state index contributed by atoms with van der Waals surface area (Å²) < 4.78 is 0. The van der Waals surface area contributed by atoms with Crippen LogP contribution in [0.25, 0.3) is 0 Å². The lowest BCUT2D eigenvalue weighted by Gasteiger charge is -2.18. The normalized spacial score (nSPS) is 12.3. The molecular weight excluding hydrogens is 240 g/mol. The Morgan fingerprint density at radius 2 is 1.84 bits per heavy atom. The van der Waals surface area contributed by atoms with Crippen LogP contribution in [-0.4, -0.2) is 11.7 Å². The summed E-state index contributed by atoms with van der Waals surface area (Å²) in [5.74, 6) is -2.16. The van der Waals surface area contributed by atoms with E-state index in [0.29, 0.717) is 5.69 Å². The largest absolute Gasteiger partial charge is 0.325 e. The number of hydrogen-bond acceptors (Lipinski definition) is 3.